The fraction of sp³-hybridized carbons (Fsp3) is 0.500. The minimum Gasteiger partial charge on any atom is -0.548 e. The minimum atomic E-state index is -3.01. The summed E-state index contributed by atoms with van der Waals surface area (Å²) in [7, 11) is 0. The van der Waals surface area contributed by atoms with Gasteiger partial charge in [-0.2, -0.15) is 0 Å². The molecule has 1 aliphatic carbocycles. The number of carbonyl (C=O) groups is 2. The number of carboxylic acids is 1. The molecular formula is C20H25ClF2N2O4. The predicted octanol–water partition coefficient (Wildman–Crippen LogP) is 3.56. The zero-order chi connectivity index (χ0) is 21.3. The molecular weight excluding hydrogens is 406 g/mol. The molecule has 0 radical (unpaired) electrons. The maximum atomic E-state index is 13.6. The number of halogens is 3. The molecule has 1 aromatic rings. The molecule has 9 heteroatoms. The smallest absolute Gasteiger partial charge is 0.303 e. The number of anilines is 1. The molecule has 6 nitrogen and oxygen atoms in total. The van der Waals surface area contributed by atoms with Crippen LogP contribution in [-0.4, -0.2) is 28.9 Å². The van der Waals surface area contributed by atoms with Gasteiger partial charge < -0.3 is 20.8 Å². The van der Waals surface area contributed by atoms with Crippen molar-refractivity contribution in [3.63, 3.8) is 0 Å². The number of alkyl halides is 2. The van der Waals surface area contributed by atoms with Gasteiger partial charge in [0.05, 0.1) is 16.5 Å². The van der Waals surface area contributed by atoms with E-state index in [1.54, 1.807) is 0 Å². The number of hydrogen-bond acceptors (Lipinski definition) is 4. The Morgan fingerprint density at radius 2 is 1.79 bits per heavy atom. The molecule has 1 fully saturated rings. The van der Waals surface area contributed by atoms with Gasteiger partial charge in [-0.25, -0.2) is 8.78 Å². The van der Waals surface area contributed by atoms with Crippen molar-refractivity contribution in [2.24, 2.45) is 0 Å². The maximum Gasteiger partial charge on any atom is 0.303 e. The highest BCUT2D eigenvalue weighted by Gasteiger charge is 2.49. The van der Waals surface area contributed by atoms with E-state index in [9.17, 15) is 23.5 Å². The number of hydrogen-bond donors (Lipinski definition) is 1. The van der Waals surface area contributed by atoms with Gasteiger partial charge in [0.25, 0.3) is 0 Å². The Labute approximate surface area is 173 Å². The number of quaternary nitrogens is 1. The van der Waals surface area contributed by atoms with E-state index in [1.165, 1.54) is 18.2 Å². The topological polar surface area (TPSA) is 106 Å². The molecule has 1 saturated carbocycles. The van der Waals surface area contributed by atoms with Gasteiger partial charge in [0.1, 0.15) is 11.4 Å². The van der Waals surface area contributed by atoms with Crippen molar-refractivity contribution in [3.05, 3.63) is 23.2 Å². The summed E-state index contributed by atoms with van der Waals surface area (Å²) in [5, 5.41) is 12.1. The second-order valence-electron chi connectivity index (χ2n) is 7.79. The Morgan fingerprint density at radius 1 is 1.24 bits per heavy atom. The van der Waals surface area contributed by atoms with Crippen molar-refractivity contribution in [2.75, 3.05) is 4.90 Å². The third-order valence-corrected chi connectivity index (χ3v) is 4.83. The molecule has 0 aromatic heterocycles. The van der Waals surface area contributed by atoms with Crippen LogP contribution in [0.4, 0.5) is 14.5 Å². The van der Waals surface area contributed by atoms with Crippen molar-refractivity contribution < 1.29 is 28.2 Å². The number of carboxylic acid groups (broad SMARTS) is 1. The molecule has 0 unspecified atom stereocenters. The first-order chi connectivity index (χ1) is 12.8. The molecule has 0 bridgehead atoms. The maximum absolute atomic E-state index is 13.6. The lowest BCUT2D eigenvalue weighted by molar-refractivity contribution is -0.315. The van der Waals surface area contributed by atoms with Crippen LogP contribution >= 0.6 is 11.6 Å². The summed E-state index contributed by atoms with van der Waals surface area (Å²) in [4.78, 5) is 25.3. The van der Waals surface area contributed by atoms with Crippen LogP contribution in [0.15, 0.2) is 18.2 Å². The molecule has 1 amide bonds. The predicted molar refractivity (Wildman–Crippen MR) is 105 cm³/mol. The zero-order valence-electron chi connectivity index (χ0n) is 16.9. The van der Waals surface area contributed by atoms with Crippen LogP contribution in [0.25, 0.3) is 0 Å². The van der Waals surface area contributed by atoms with E-state index in [0.29, 0.717) is 5.75 Å². The molecule has 0 heterocycles. The first kappa shape index (κ1) is 24.7. The van der Waals surface area contributed by atoms with Crippen LogP contribution in [0.5, 0.6) is 5.75 Å². The Kier molecular flexibility index (Phi) is 7.28. The van der Waals surface area contributed by atoms with Crippen molar-refractivity contribution in [3.8, 4) is 18.1 Å². The number of ether oxygens (including phenoxy) is 1. The van der Waals surface area contributed by atoms with Crippen LogP contribution in [0.2, 0.25) is 5.02 Å². The first-order valence-corrected chi connectivity index (χ1v) is 9.08. The Bertz CT molecular complexity index is 821. The van der Waals surface area contributed by atoms with E-state index in [-0.39, 0.29) is 16.9 Å². The van der Waals surface area contributed by atoms with E-state index >= 15 is 0 Å². The van der Waals surface area contributed by atoms with Gasteiger partial charge in [-0.05, 0) is 57.7 Å². The van der Waals surface area contributed by atoms with Gasteiger partial charge in [0.15, 0.2) is 0 Å². The number of nitrogens with zero attached hydrogens (tertiary/aromatic N) is 1. The molecule has 4 N–H and O–H groups in total. The van der Waals surface area contributed by atoms with Crippen LogP contribution in [0.1, 0.15) is 46.5 Å². The number of carbonyl (C=O) groups excluding carboxylic acids is 2. The van der Waals surface area contributed by atoms with Crippen LogP contribution in [0.3, 0.4) is 0 Å². The molecule has 2 rings (SSSR count). The third kappa shape index (κ3) is 5.37. The van der Waals surface area contributed by atoms with E-state index < -0.39 is 54.6 Å². The second-order valence-corrected chi connectivity index (χ2v) is 8.20. The number of benzene rings is 1. The lowest BCUT2D eigenvalue weighted by Gasteiger charge is -2.47. The van der Waals surface area contributed by atoms with Gasteiger partial charge in [0, 0.05) is 18.5 Å². The standard InChI is InChI=1S/C20H22ClF2NO4.H3N/c1-5-16(25)24(19(17(26)27)8-10-20(22,23)11-9-19)13-6-7-15(14(21)12-13)28-18(2,3)4;/h1,6-7,12H,8-11H2,2-4H3,(H,26,27);1H3. The van der Waals surface area contributed by atoms with Gasteiger partial charge in [-0.15, -0.1) is 6.42 Å². The van der Waals surface area contributed by atoms with Gasteiger partial charge in [0.2, 0.25) is 5.92 Å². The first-order valence-electron chi connectivity index (χ1n) is 8.70. The normalized spacial score (nSPS) is 17.4. The summed E-state index contributed by atoms with van der Waals surface area (Å²) in [6.45, 7) is 5.45. The molecule has 0 spiro atoms. The highest BCUT2D eigenvalue weighted by Crippen LogP contribution is 2.44. The quantitative estimate of drug-likeness (QED) is 0.737. The SMILES string of the molecule is C#CC(=O)N(c1ccc(OC(C)(C)C)c(Cl)c1)C1(C(=O)[O-])CCC(F)(F)CC1.[NH4+]. The molecule has 160 valence electrons. The van der Waals surface area contributed by atoms with Gasteiger partial charge >= 0.3 is 5.91 Å². The van der Waals surface area contributed by atoms with Crippen molar-refractivity contribution in [2.45, 2.75) is 63.5 Å². The van der Waals surface area contributed by atoms with Crippen LogP contribution in [-0.2, 0) is 9.59 Å². The van der Waals surface area contributed by atoms with E-state index in [4.69, 9.17) is 22.8 Å². The fourth-order valence-electron chi connectivity index (χ4n) is 3.21. The van der Waals surface area contributed by atoms with E-state index in [2.05, 4.69) is 0 Å². The van der Waals surface area contributed by atoms with E-state index in [1.807, 2.05) is 26.7 Å². The van der Waals surface area contributed by atoms with Crippen molar-refractivity contribution in [1.29, 1.82) is 0 Å². The molecule has 1 aliphatic rings. The summed E-state index contributed by atoms with van der Waals surface area (Å²) in [6.07, 6.45) is 2.83. The fourth-order valence-corrected chi connectivity index (χ4v) is 3.43. The van der Waals surface area contributed by atoms with E-state index in [0.717, 1.165) is 4.90 Å². The van der Waals surface area contributed by atoms with Gasteiger partial charge in [-0.1, -0.05) is 11.6 Å². The Balaban J connectivity index is 0.00000420. The monoisotopic (exact) mass is 430 g/mol. The highest BCUT2D eigenvalue weighted by atomic mass is 35.5. The number of rotatable bonds is 4. The Morgan fingerprint density at radius 3 is 2.21 bits per heavy atom. The van der Waals surface area contributed by atoms with Crippen molar-refractivity contribution in [1.82, 2.24) is 6.15 Å². The summed E-state index contributed by atoms with van der Waals surface area (Å²) in [5.74, 6) is -3.44. The average molecular weight is 431 g/mol. The summed E-state index contributed by atoms with van der Waals surface area (Å²) in [6, 6.07) is 4.22. The highest BCUT2D eigenvalue weighted by molar-refractivity contribution is 6.32. The third-order valence-electron chi connectivity index (χ3n) is 4.53. The molecule has 0 saturated heterocycles. The molecule has 0 aliphatic heterocycles. The summed E-state index contributed by atoms with van der Waals surface area (Å²) in [5.41, 5.74) is -2.45. The molecule has 1 aromatic carbocycles. The largest absolute Gasteiger partial charge is 0.548 e. The van der Waals surface area contributed by atoms with Crippen LogP contribution < -0.4 is 20.9 Å². The zero-order valence-corrected chi connectivity index (χ0v) is 17.6. The number of terminal acetylenes is 1. The summed E-state index contributed by atoms with van der Waals surface area (Å²) >= 11 is 6.24. The lowest BCUT2D eigenvalue weighted by Crippen LogP contribution is -2.64. The number of aliphatic carboxylic acids is 1. The minimum absolute atomic E-state index is 0. The number of amides is 1. The lowest BCUT2D eigenvalue weighted by atomic mass is 9.78. The second kappa shape index (κ2) is 8.56. The van der Waals surface area contributed by atoms with Gasteiger partial charge in [-0.3, -0.25) is 9.69 Å². The van der Waals surface area contributed by atoms with Crippen molar-refractivity contribution >= 4 is 29.2 Å². The van der Waals surface area contributed by atoms with Crippen LogP contribution in [0, 0.1) is 12.3 Å². The molecule has 29 heavy (non-hydrogen) atoms. The average Bonchev–Trinajstić information content (AvgIpc) is 2.57. The summed E-state index contributed by atoms with van der Waals surface area (Å²) < 4.78 is 33.0. The Hall–Kier alpha value is -2.37. The molecule has 0 atom stereocenters.